The highest BCUT2D eigenvalue weighted by atomic mass is 32.2. The number of hydrogen-bond donors (Lipinski definition) is 0. The van der Waals surface area contributed by atoms with Gasteiger partial charge in [0, 0.05) is 10.3 Å². The Morgan fingerprint density at radius 3 is 2.75 bits per heavy atom. The van der Waals surface area contributed by atoms with Crippen LogP contribution in [0.3, 0.4) is 0 Å². The van der Waals surface area contributed by atoms with E-state index in [1.807, 2.05) is 37.3 Å². The lowest BCUT2D eigenvalue weighted by Crippen LogP contribution is -2.17. The van der Waals surface area contributed by atoms with Crippen LogP contribution in [-0.4, -0.2) is 21.2 Å². The second kappa shape index (κ2) is 7.32. The minimum atomic E-state index is -0.327. The molecule has 1 atom stereocenters. The van der Waals surface area contributed by atoms with Gasteiger partial charge in [-0.25, -0.2) is 9.97 Å². The Kier molecular flexibility index (Phi) is 5.16. The number of ether oxygens (including phenoxy) is 1. The molecule has 2 aromatic heterocycles. The molecule has 6 heteroatoms. The summed E-state index contributed by atoms with van der Waals surface area (Å²) in [4.78, 5) is 23.2. The number of aryl methyl sites for hydroxylation is 2. The molecule has 0 saturated carbocycles. The van der Waals surface area contributed by atoms with Crippen molar-refractivity contribution in [2.24, 2.45) is 0 Å². The van der Waals surface area contributed by atoms with E-state index < -0.39 is 0 Å². The van der Waals surface area contributed by atoms with Crippen molar-refractivity contribution in [2.45, 2.75) is 37.7 Å². The van der Waals surface area contributed by atoms with Gasteiger partial charge in [-0.2, -0.15) is 0 Å². The zero-order chi connectivity index (χ0) is 17.1. The Morgan fingerprint density at radius 1 is 1.25 bits per heavy atom. The second-order valence-electron chi connectivity index (χ2n) is 5.50. The first kappa shape index (κ1) is 16.9. The third kappa shape index (κ3) is 3.60. The van der Waals surface area contributed by atoms with Gasteiger partial charge in [0.1, 0.15) is 28.0 Å². The van der Waals surface area contributed by atoms with Gasteiger partial charge in [0.05, 0.1) is 0 Å². The van der Waals surface area contributed by atoms with Gasteiger partial charge in [-0.3, -0.25) is 4.79 Å². The third-order valence-electron chi connectivity index (χ3n) is 3.77. The van der Waals surface area contributed by atoms with E-state index in [1.165, 1.54) is 22.2 Å². The maximum absolute atomic E-state index is 12.3. The molecular formula is C18H18N2O2S2. The maximum atomic E-state index is 12.3. The van der Waals surface area contributed by atoms with E-state index in [1.54, 1.807) is 17.7 Å². The molecule has 0 aliphatic heterocycles. The fraction of sp³-hybridized carbons (Fsp3) is 0.278. The largest absolute Gasteiger partial charge is 0.460 e. The SMILES string of the molecule is Cc1sc2ncnc(S[C@H](C)C(=O)OCc3ccccc3)c2c1C. The zero-order valence-electron chi connectivity index (χ0n) is 13.8. The lowest BCUT2D eigenvalue weighted by atomic mass is 10.2. The Hall–Kier alpha value is -1.92. The molecule has 0 unspecified atom stereocenters. The molecule has 0 aliphatic carbocycles. The van der Waals surface area contributed by atoms with Crippen LogP contribution in [0.1, 0.15) is 22.9 Å². The molecule has 0 spiro atoms. The standard InChI is InChI=1S/C18H18N2O2S2/c1-11-12(2)23-16-15(11)17(20-10-19-16)24-13(3)18(21)22-9-14-7-5-4-6-8-14/h4-8,10,13H,9H2,1-3H3/t13-/m1/s1. The number of hydrogen-bond acceptors (Lipinski definition) is 6. The van der Waals surface area contributed by atoms with Crippen molar-refractivity contribution in [2.75, 3.05) is 0 Å². The molecule has 1 aromatic carbocycles. The molecule has 4 nitrogen and oxygen atoms in total. The average molecular weight is 358 g/mol. The van der Waals surface area contributed by atoms with Crippen LogP contribution in [0.15, 0.2) is 41.7 Å². The number of thiophene rings is 1. The van der Waals surface area contributed by atoms with Crippen LogP contribution in [0.5, 0.6) is 0 Å². The van der Waals surface area contributed by atoms with E-state index in [4.69, 9.17) is 4.74 Å². The summed E-state index contributed by atoms with van der Waals surface area (Å²) >= 11 is 3.08. The first-order chi connectivity index (χ1) is 11.6. The van der Waals surface area contributed by atoms with E-state index in [0.29, 0.717) is 6.61 Å². The van der Waals surface area contributed by atoms with Gasteiger partial charge in [-0.15, -0.1) is 11.3 Å². The number of benzene rings is 1. The molecule has 0 radical (unpaired) electrons. The quantitative estimate of drug-likeness (QED) is 0.381. The molecule has 0 bridgehead atoms. The van der Waals surface area contributed by atoms with Gasteiger partial charge in [0.25, 0.3) is 0 Å². The molecule has 0 N–H and O–H groups in total. The van der Waals surface area contributed by atoms with Crippen molar-refractivity contribution in [3.63, 3.8) is 0 Å². The molecular weight excluding hydrogens is 340 g/mol. The number of rotatable bonds is 5. The first-order valence-corrected chi connectivity index (χ1v) is 9.34. The lowest BCUT2D eigenvalue weighted by Gasteiger charge is -2.11. The number of carbonyl (C=O) groups is 1. The summed E-state index contributed by atoms with van der Waals surface area (Å²) in [7, 11) is 0. The number of esters is 1. The summed E-state index contributed by atoms with van der Waals surface area (Å²) in [6, 6.07) is 9.68. The van der Waals surface area contributed by atoms with Crippen LogP contribution >= 0.6 is 23.1 Å². The Morgan fingerprint density at radius 2 is 2.00 bits per heavy atom. The Balaban J connectivity index is 1.70. The fourth-order valence-corrected chi connectivity index (χ4v) is 4.34. The average Bonchev–Trinajstić information content (AvgIpc) is 2.89. The monoisotopic (exact) mass is 358 g/mol. The van der Waals surface area contributed by atoms with Crippen LogP contribution in [0.25, 0.3) is 10.2 Å². The molecule has 24 heavy (non-hydrogen) atoms. The van der Waals surface area contributed by atoms with Crippen LogP contribution in [0.2, 0.25) is 0 Å². The predicted molar refractivity (Wildman–Crippen MR) is 98.4 cm³/mol. The molecule has 0 fully saturated rings. The third-order valence-corrected chi connectivity index (χ3v) is 5.97. The van der Waals surface area contributed by atoms with Crippen LogP contribution in [-0.2, 0) is 16.1 Å². The fourth-order valence-electron chi connectivity index (χ4n) is 2.30. The summed E-state index contributed by atoms with van der Waals surface area (Å²) in [5, 5.41) is 1.56. The summed E-state index contributed by atoms with van der Waals surface area (Å²) in [6.07, 6.45) is 1.56. The molecule has 3 aromatic rings. The summed E-state index contributed by atoms with van der Waals surface area (Å²) < 4.78 is 5.41. The molecule has 0 amide bonds. The van der Waals surface area contributed by atoms with Crippen LogP contribution in [0.4, 0.5) is 0 Å². The molecule has 2 heterocycles. The van der Waals surface area contributed by atoms with Crippen molar-refractivity contribution in [1.82, 2.24) is 9.97 Å². The minimum absolute atomic E-state index is 0.236. The summed E-state index contributed by atoms with van der Waals surface area (Å²) in [5.74, 6) is -0.236. The van der Waals surface area contributed by atoms with Crippen molar-refractivity contribution >= 4 is 39.3 Å². The lowest BCUT2D eigenvalue weighted by molar-refractivity contribution is -0.143. The van der Waals surface area contributed by atoms with Crippen molar-refractivity contribution in [3.8, 4) is 0 Å². The van der Waals surface area contributed by atoms with Gasteiger partial charge in [0.15, 0.2) is 0 Å². The number of fused-ring (bicyclic) bond motifs is 1. The predicted octanol–water partition coefficient (Wildman–Crippen LogP) is 4.53. The highest BCUT2D eigenvalue weighted by molar-refractivity contribution is 8.00. The number of aromatic nitrogens is 2. The van der Waals surface area contributed by atoms with E-state index in [2.05, 4.69) is 23.8 Å². The molecule has 3 rings (SSSR count). The van der Waals surface area contributed by atoms with Crippen molar-refractivity contribution in [3.05, 3.63) is 52.7 Å². The van der Waals surface area contributed by atoms with Crippen molar-refractivity contribution < 1.29 is 9.53 Å². The highest BCUT2D eigenvalue weighted by Crippen LogP contribution is 2.36. The smallest absolute Gasteiger partial charge is 0.319 e. The summed E-state index contributed by atoms with van der Waals surface area (Å²) in [5.41, 5.74) is 2.17. The second-order valence-corrected chi connectivity index (χ2v) is 8.03. The zero-order valence-corrected chi connectivity index (χ0v) is 15.4. The highest BCUT2D eigenvalue weighted by Gasteiger charge is 2.20. The topological polar surface area (TPSA) is 52.1 Å². The molecule has 0 aliphatic rings. The minimum Gasteiger partial charge on any atom is -0.460 e. The summed E-state index contributed by atoms with van der Waals surface area (Å²) in [6.45, 7) is 6.29. The van der Waals surface area contributed by atoms with Crippen molar-refractivity contribution in [1.29, 1.82) is 0 Å². The van der Waals surface area contributed by atoms with E-state index in [9.17, 15) is 4.79 Å². The number of nitrogens with zero attached hydrogens (tertiary/aromatic N) is 2. The van der Waals surface area contributed by atoms with Gasteiger partial charge in [0.2, 0.25) is 0 Å². The Bertz CT molecular complexity index is 862. The van der Waals surface area contributed by atoms with Gasteiger partial charge < -0.3 is 4.74 Å². The van der Waals surface area contributed by atoms with E-state index >= 15 is 0 Å². The maximum Gasteiger partial charge on any atom is 0.319 e. The Labute approximate surface area is 149 Å². The molecule has 0 saturated heterocycles. The molecule has 124 valence electrons. The first-order valence-electron chi connectivity index (χ1n) is 7.64. The van der Waals surface area contributed by atoms with Gasteiger partial charge >= 0.3 is 5.97 Å². The van der Waals surface area contributed by atoms with E-state index in [0.717, 1.165) is 20.8 Å². The number of thioether (sulfide) groups is 1. The van der Waals surface area contributed by atoms with E-state index in [-0.39, 0.29) is 11.2 Å². The van der Waals surface area contributed by atoms with Gasteiger partial charge in [-0.1, -0.05) is 42.1 Å². The van der Waals surface area contributed by atoms with Crippen LogP contribution in [0, 0.1) is 13.8 Å². The van der Waals surface area contributed by atoms with Crippen LogP contribution < -0.4 is 0 Å². The van der Waals surface area contributed by atoms with Gasteiger partial charge in [-0.05, 0) is 31.9 Å². The number of carbonyl (C=O) groups excluding carboxylic acids is 1. The normalized spacial score (nSPS) is 12.3.